The van der Waals surface area contributed by atoms with Crippen molar-refractivity contribution in [1.29, 1.82) is 0 Å². The summed E-state index contributed by atoms with van der Waals surface area (Å²) < 4.78 is 29.3. The normalized spacial score (nSPS) is 11.9. The van der Waals surface area contributed by atoms with Gasteiger partial charge in [0.05, 0.1) is 10.6 Å². The van der Waals surface area contributed by atoms with Crippen LogP contribution in [0.25, 0.3) is 0 Å². The Morgan fingerprint density at radius 2 is 1.40 bits per heavy atom. The third-order valence-electron chi connectivity index (χ3n) is 7.35. The van der Waals surface area contributed by atoms with E-state index in [4.69, 9.17) is 0 Å². The number of sulfonamides is 1. The SMILES string of the molecule is CNC(=O)C(Cc1ccccc1)N(Cc1ccccc1C)C(=O)CN(c1ccc(C)cc1C)S(=O)(=O)c1ccccc1. The average molecular weight is 584 g/mol. The summed E-state index contributed by atoms with van der Waals surface area (Å²) in [5.74, 6) is -0.813. The maximum absolute atomic E-state index is 14.4. The smallest absolute Gasteiger partial charge is 0.264 e. The Kier molecular flexibility index (Phi) is 9.80. The number of nitrogens with zero attached hydrogens (tertiary/aromatic N) is 2. The highest BCUT2D eigenvalue weighted by molar-refractivity contribution is 7.92. The van der Waals surface area contributed by atoms with Crippen molar-refractivity contribution in [3.05, 3.63) is 131 Å². The van der Waals surface area contributed by atoms with Gasteiger partial charge in [0.1, 0.15) is 12.6 Å². The molecule has 0 heterocycles. The van der Waals surface area contributed by atoms with Crippen molar-refractivity contribution in [2.75, 3.05) is 17.9 Å². The van der Waals surface area contributed by atoms with Crippen LogP contribution in [0, 0.1) is 20.8 Å². The lowest BCUT2D eigenvalue weighted by Crippen LogP contribution is -2.53. The van der Waals surface area contributed by atoms with Crippen LogP contribution in [0.2, 0.25) is 0 Å². The number of hydrogen-bond donors (Lipinski definition) is 1. The molecule has 2 amide bonds. The van der Waals surface area contributed by atoms with E-state index in [1.807, 2.05) is 87.5 Å². The zero-order valence-corrected chi connectivity index (χ0v) is 25.3. The summed E-state index contributed by atoms with van der Waals surface area (Å²) in [6, 6.07) is 29.8. The standard InChI is InChI=1S/C34H37N3O4S/c1-25-19-20-31(27(3)21-25)37(42(40,41)30-17-9-6-10-18-30)24-33(38)36(23-29-16-12-11-13-26(29)2)32(34(39)35-4)22-28-14-7-5-8-15-28/h5-21,32H,22-24H2,1-4H3,(H,35,39). The molecule has 7 nitrogen and oxygen atoms in total. The van der Waals surface area contributed by atoms with Crippen molar-refractivity contribution in [2.45, 2.75) is 44.7 Å². The molecule has 0 saturated carbocycles. The molecule has 218 valence electrons. The van der Waals surface area contributed by atoms with E-state index in [1.165, 1.54) is 17.0 Å². The Morgan fingerprint density at radius 1 is 0.786 bits per heavy atom. The number of aryl methyl sites for hydroxylation is 3. The van der Waals surface area contributed by atoms with Gasteiger partial charge in [-0.05, 0) is 61.2 Å². The van der Waals surface area contributed by atoms with Gasteiger partial charge < -0.3 is 10.2 Å². The number of hydrogen-bond acceptors (Lipinski definition) is 4. The van der Waals surface area contributed by atoms with Crippen molar-refractivity contribution in [1.82, 2.24) is 10.2 Å². The largest absolute Gasteiger partial charge is 0.357 e. The van der Waals surface area contributed by atoms with Gasteiger partial charge in [-0.25, -0.2) is 8.42 Å². The molecule has 0 aliphatic heterocycles. The summed E-state index contributed by atoms with van der Waals surface area (Å²) in [4.78, 5) is 29.3. The maximum Gasteiger partial charge on any atom is 0.264 e. The molecule has 0 aromatic heterocycles. The molecule has 42 heavy (non-hydrogen) atoms. The lowest BCUT2D eigenvalue weighted by Gasteiger charge is -2.34. The second kappa shape index (κ2) is 13.5. The highest BCUT2D eigenvalue weighted by atomic mass is 32.2. The first-order valence-corrected chi connectivity index (χ1v) is 15.3. The lowest BCUT2D eigenvalue weighted by atomic mass is 10.0. The first-order valence-electron chi connectivity index (χ1n) is 13.9. The van der Waals surface area contributed by atoms with E-state index in [0.717, 1.165) is 32.1 Å². The molecule has 1 atom stereocenters. The number of carbonyl (C=O) groups excluding carboxylic acids is 2. The summed E-state index contributed by atoms with van der Waals surface area (Å²) in [5.41, 5.74) is 4.83. The van der Waals surface area contributed by atoms with Crippen molar-refractivity contribution in [2.24, 2.45) is 0 Å². The molecule has 4 aromatic rings. The summed E-state index contributed by atoms with van der Waals surface area (Å²) in [6.07, 6.45) is 0.271. The number of rotatable bonds is 11. The highest BCUT2D eigenvalue weighted by Crippen LogP contribution is 2.28. The van der Waals surface area contributed by atoms with E-state index in [-0.39, 0.29) is 23.8 Å². The first kappa shape index (κ1) is 30.5. The molecule has 0 fully saturated rings. The zero-order valence-electron chi connectivity index (χ0n) is 24.4. The zero-order chi connectivity index (χ0) is 30.3. The number of carbonyl (C=O) groups is 2. The predicted octanol–water partition coefficient (Wildman–Crippen LogP) is 5.19. The Hall–Kier alpha value is -4.43. The number of benzene rings is 4. The van der Waals surface area contributed by atoms with Crippen LogP contribution in [0.3, 0.4) is 0 Å². The topological polar surface area (TPSA) is 86.8 Å². The van der Waals surface area contributed by atoms with Crippen LogP contribution in [0.5, 0.6) is 0 Å². The van der Waals surface area contributed by atoms with Crippen LogP contribution in [0.15, 0.2) is 108 Å². The molecule has 8 heteroatoms. The minimum Gasteiger partial charge on any atom is -0.357 e. The van der Waals surface area contributed by atoms with E-state index < -0.39 is 28.5 Å². The Labute approximate surface area is 248 Å². The van der Waals surface area contributed by atoms with Gasteiger partial charge in [-0.3, -0.25) is 13.9 Å². The average Bonchev–Trinajstić information content (AvgIpc) is 2.99. The molecular weight excluding hydrogens is 546 g/mol. The van der Waals surface area contributed by atoms with Gasteiger partial charge in [-0.15, -0.1) is 0 Å². The number of likely N-dealkylation sites (N-methyl/N-ethyl adjacent to an activating group) is 1. The Morgan fingerprint density at radius 3 is 2.02 bits per heavy atom. The third-order valence-corrected chi connectivity index (χ3v) is 9.12. The minimum atomic E-state index is -4.12. The number of anilines is 1. The van der Waals surface area contributed by atoms with Gasteiger partial charge in [0.25, 0.3) is 10.0 Å². The van der Waals surface area contributed by atoms with Crippen LogP contribution in [-0.2, 0) is 32.6 Å². The fourth-order valence-electron chi connectivity index (χ4n) is 5.01. The summed E-state index contributed by atoms with van der Waals surface area (Å²) in [7, 11) is -2.58. The first-order chi connectivity index (χ1) is 20.1. The molecule has 0 bridgehead atoms. The van der Waals surface area contributed by atoms with Gasteiger partial charge >= 0.3 is 0 Å². The Balaban J connectivity index is 1.81. The van der Waals surface area contributed by atoms with Crippen LogP contribution in [0.4, 0.5) is 5.69 Å². The molecule has 1 N–H and O–H groups in total. The molecule has 0 saturated heterocycles. The molecule has 4 rings (SSSR count). The molecule has 0 aliphatic rings. The van der Waals surface area contributed by atoms with Gasteiger partial charge in [0.15, 0.2) is 0 Å². The molecule has 4 aromatic carbocycles. The lowest BCUT2D eigenvalue weighted by molar-refractivity contribution is -0.139. The Bertz CT molecular complexity index is 1640. The van der Waals surface area contributed by atoms with Gasteiger partial charge in [0, 0.05) is 20.0 Å². The van der Waals surface area contributed by atoms with E-state index in [0.29, 0.717) is 5.69 Å². The molecule has 0 aliphatic carbocycles. The van der Waals surface area contributed by atoms with Crippen LogP contribution < -0.4 is 9.62 Å². The molecular formula is C34H37N3O4S. The highest BCUT2D eigenvalue weighted by Gasteiger charge is 2.34. The van der Waals surface area contributed by atoms with Crippen molar-refractivity contribution >= 4 is 27.5 Å². The summed E-state index contributed by atoms with van der Waals surface area (Å²) in [6.45, 7) is 5.37. The van der Waals surface area contributed by atoms with E-state index >= 15 is 0 Å². The van der Waals surface area contributed by atoms with Crippen LogP contribution >= 0.6 is 0 Å². The van der Waals surface area contributed by atoms with Gasteiger partial charge in [-0.1, -0.05) is 90.5 Å². The number of amides is 2. The number of nitrogens with one attached hydrogen (secondary N) is 1. The van der Waals surface area contributed by atoms with Crippen LogP contribution in [0.1, 0.15) is 27.8 Å². The van der Waals surface area contributed by atoms with E-state index in [1.54, 1.807) is 31.3 Å². The van der Waals surface area contributed by atoms with E-state index in [9.17, 15) is 18.0 Å². The summed E-state index contributed by atoms with van der Waals surface area (Å²) in [5, 5.41) is 2.71. The molecule has 0 radical (unpaired) electrons. The third kappa shape index (κ3) is 7.06. The predicted molar refractivity (Wildman–Crippen MR) is 167 cm³/mol. The van der Waals surface area contributed by atoms with Crippen LogP contribution in [-0.4, -0.2) is 44.8 Å². The fourth-order valence-corrected chi connectivity index (χ4v) is 6.51. The van der Waals surface area contributed by atoms with Crippen molar-refractivity contribution in [3.63, 3.8) is 0 Å². The van der Waals surface area contributed by atoms with Crippen molar-refractivity contribution < 1.29 is 18.0 Å². The second-order valence-corrected chi connectivity index (χ2v) is 12.2. The van der Waals surface area contributed by atoms with Gasteiger partial charge in [0.2, 0.25) is 11.8 Å². The van der Waals surface area contributed by atoms with E-state index in [2.05, 4.69) is 5.32 Å². The molecule has 0 spiro atoms. The molecule has 1 unspecified atom stereocenters. The quantitative estimate of drug-likeness (QED) is 0.263. The maximum atomic E-state index is 14.4. The second-order valence-electron chi connectivity index (χ2n) is 10.4. The van der Waals surface area contributed by atoms with Crippen molar-refractivity contribution in [3.8, 4) is 0 Å². The fraction of sp³-hybridized carbons (Fsp3) is 0.235. The monoisotopic (exact) mass is 583 g/mol. The van der Waals surface area contributed by atoms with Gasteiger partial charge in [-0.2, -0.15) is 0 Å². The minimum absolute atomic E-state index is 0.0790. The summed E-state index contributed by atoms with van der Waals surface area (Å²) >= 11 is 0.